The third kappa shape index (κ3) is 22.3. The average molecular weight is 1280 g/mol. The lowest BCUT2D eigenvalue weighted by molar-refractivity contribution is -0.139. The number of anilines is 2. The van der Waals surface area contributed by atoms with Gasteiger partial charge in [-0.25, -0.2) is 19.6 Å². The summed E-state index contributed by atoms with van der Waals surface area (Å²) in [6.07, 6.45) is 8.48. The van der Waals surface area contributed by atoms with E-state index < -0.39 is 47.5 Å². The molecule has 486 valence electrons. The van der Waals surface area contributed by atoms with E-state index in [2.05, 4.69) is 34.7 Å². The Bertz CT molecular complexity index is 2930. The summed E-state index contributed by atoms with van der Waals surface area (Å²) in [7, 11) is 2.16. The van der Waals surface area contributed by atoms with E-state index in [9.17, 15) is 46.5 Å². The van der Waals surface area contributed by atoms with Crippen LogP contribution in [-0.2, 0) is 31.4 Å². The van der Waals surface area contributed by atoms with Crippen LogP contribution in [-0.4, -0.2) is 98.2 Å². The van der Waals surface area contributed by atoms with Gasteiger partial charge in [0.05, 0.1) is 58.8 Å². The number of amidine groups is 2. The van der Waals surface area contributed by atoms with Crippen molar-refractivity contribution in [1.29, 1.82) is 10.5 Å². The SMILES string of the molecule is CCOC(=O)C1=C(C)N(c2cccc(C(F)(F)F)c2)C(SCCCCCCCCCCNCCN(C)CCNCCCCCCCCCCSC2=NC(c3ccc(C#N)cc3)C(C(=O)OCC)=C(C)N2c2cccc(C(F)(F)F)c2)=NC1c1ccc(C#N)cc1. The number of thioether (sulfide) groups is 2. The predicted molar refractivity (Wildman–Crippen MR) is 351 cm³/mol. The number of carbonyl (C=O) groups excluding carboxylic acids is 2. The maximum atomic E-state index is 13.9. The molecule has 2 atom stereocenters. The fourth-order valence-electron chi connectivity index (χ4n) is 10.8. The summed E-state index contributed by atoms with van der Waals surface area (Å²) in [5.74, 6) is 0.194. The highest BCUT2D eigenvalue weighted by Gasteiger charge is 2.39. The smallest absolute Gasteiger partial charge is 0.416 e. The molecule has 0 fully saturated rings. The van der Waals surface area contributed by atoms with Gasteiger partial charge < -0.3 is 25.0 Å². The lowest BCUT2D eigenvalue weighted by Gasteiger charge is -2.35. The van der Waals surface area contributed by atoms with Gasteiger partial charge in [0.25, 0.3) is 0 Å². The largest absolute Gasteiger partial charge is 0.463 e. The molecule has 0 saturated carbocycles. The minimum atomic E-state index is -4.56. The second-order valence-electron chi connectivity index (χ2n) is 22.5. The van der Waals surface area contributed by atoms with Crippen molar-refractivity contribution in [3.8, 4) is 12.1 Å². The van der Waals surface area contributed by atoms with Gasteiger partial charge in [-0.1, -0.05) is 137 Å². The Morgan fingerprint density at radius 2 is 0.878 bits per heavy atom. The number of hydrogen-bond donors (Lipinski definition) is 2. The Morgan fingerprint density at radius 3 is 1.21 bits per heavy atom. The minimum Gasteiger partial charge on any atom is -0.463 e. The van der Waals surface area contributed by atoms with E-state index in [4.69, 9.17) is 19.5 Å². The highest BCUT2D eigenvalue weighted by Crippen LogP contribution is 2.43. The molecule has 4 aromatic carbocycles. The van der Waals surface area contributed by atoms with Crippen LogP contribution in [0, 0.1) is 22.7 Å². The van der Waals surface area contributed by atoms with Crippen molar-refractivity contribution in [1.82, 2.24) is 15.5 Å². The molecular weight excluding hydrogens is 1200 g/mol. The molecule has 0 radical (unpaired) electrons. The number of rotatable bonds is 36. The number of ether oxygens (including phenoxy) is 2. The number of unbranched alkanes of at least 4 members (excludes halogenated alkanes) is 14. The van der Waals surface area contributed by atoms with Gasteiger partial charge in [0.15, 0.2) is 10.3 Å². The van der Waals surface area contributed by atoms with Gasteiger partial charge in [-0.2, -0.15) is 36.9 Å². The summed E-state index contributed by atoms with van der Waals surface area (Å²) in [5.41, 5.74) is 2.50. The molecule has 4 aromatic rings. The predicted octanol–water partition coefficient (Wildman–Crippen LogP) is 16.5. The van der Waals surface area contributed by atoms with Crippen LogP contribution in [0.2, 0.25) is 0 Å². The molecule has 0 bridgehead atoms. The number of esters is 2. The van der Waals surface area contributed by atoms with E-state index in [0.717, 1.165) is 128 Å². The monoisotopic (exact) mass is 1280 g/mol. The minimum absolute atomic E-state index is 0.114. The van der Waals surface area contributed by atoms with Gasteiger partial charge in [0.1, 0.15) is 12.1 Å². The van der Waals surface area contributed by atoms with Crippen LogP contribution in [0.3, 0.4) is 0 Å². The van der Waals surface area contributed by atoms with E-state index >= 15 is 0 Å². The van der Waals surface area contributed by atoms with Gasteiger partial charge >= 0.3 is 24.3 Å². The molecule has 90 heavy (non-hydrogen) atoms. The molecule has 21 heteroatoms. The van der Waals surface area contributed by atoms with E-state index in [-0.39, 0.29) is 35.7 Å². The first-order valence-corrected chi connectivity index (χ1v) is 33.6. The first kappa shape index (κ1) is 72.4. The number of allylic oxidation sites excluding steroid dienone is 2. The van der Waals surface area contributed by atoms with E-state index in [1.807, 2.05) is 0 Å². The first-order valence-electron chi connectivity index (χ1n) is 31.6. The molecule has 2 unspecified atom stereocenters. The zero-order valence-electron chi connectivity index (χ0n) is 52.6. The van der Waals surface area contributed by atoms with E-state index in [1.54, 1.807) is 98.2 Å². The number of alkyl halides is 6. The summed E-state index contributed by atoms with van der Waals surface area (Å²) in [4.78, 5) is 42.6. The maximum absolute atomic E-state index is 13.9. The molecule has 6 rings (SSSR count). The van der Waals surface area contributed by atoms with E-state index in [1.165, 1.54) is 74.2 Å². The van der Waals surface area contributed by atoms with Crippen molar-refractivity contribution >= 4 is 57.2 Å². The van der Waals surface area contributed by atoms with Crippen molar-refractivity contribution in [2.45, 2.75) is 155 Å². The molecule has 2 heterocycles. The molecule has 13 nitrogen and oxygen atoms in total. The van der Waals surface area contributed by atoms with Crippen molar-refractivity contribution in [3.63, 3.8) is 0 Å². The van der Waals surface area contributed by atoms with Crippen LogP contribution in [0.1, 0.15) is 176 Å². The first-order chi connectivity index (χ1) is 43.4. The average Bonchev–Trinajstić information content (AvgIpc) is 0.924. The molecular formula is C69H87F6N9O4S2. The van der Waals surface area contributed by atoms with Gasteiger partial charge in [-0.15, -0.1) is 0 Å². The lowest BCUT2D eigenvalue weighted by atomic mass is 9.95. The number of aliphatic imine (C=N–C) groups is 2. The maximum Gasteiger partial charge on any atom is 0.416 e. The van der Waals surface area contributed by atoms with Crippen LogP contribution < -0.4 is 20.4 Å². The van der Waals surface area contributed by atoms with Crippen molar-refractivity contribution in [2.24, 2.45) is 9.98 Å². The van der Waals surface area contributed by atoms with Crippen LogP contribution in [0.25, 0.3) is 0 Å². The fourth-order valence-corrected chi connectivity index (χ4v) is 13.0. The number of benzene rings is 4. The highest BCUT2D eigenvalue weighted by atomic mass is 32.2. The van der Waals surface area contributed by atoms with Crippen molar-refractivity contribution < 1.29 is 45.4 Å². The van der Waals surface area contributed by atoms with Crippen molar-refractivity contribution in [3.05, 3.63) is 153 Å². The number of carbonyl (C=O) groups is 2. The van der Waals surface area contributed by atoms with Gasteiger partial charge in [0.2, 0.25) is 0 Å². The topological polar surface area (TPSA) is 159 Å². The van der Waals surface area contributed by atoms with Gasteiger partial charge in [0, 0.05) is 60.5 Å². The van der Waals surface area contributed by atoms with Crippen LogP contribution in [0.4, 0.5) is 37.7 Å². The third-order valence-corrected chi connectivity index (χ3v) is 17.8. The lowest BCUT2D eigenvalue weighted by Crippen LogP contribution is -2.35. The summed E-state index contributed by atoms with van der Waals surface area (Å²) >= 11 is 2.93. The molecule has 2 N–H and O–H groups in total. The fraction of sp³-hybridized carbons (Fsp3) is 0.507. The molecule has 2 aliphatic rings. The zero-order valence-corrected chi connectivity index (χ0v) is 54.3. The Labute approximate surface area is 536 Å². The standard InChI is InChI=1S/C69H87F6N9O4S2/c1-6-87-64(85)60-50(3)83(58-28-24-26-56(46-58)68(70,71)72)66(80-62(60)54-34-30-52(48-76)31-35-54)89-44-22-18-14-10-8-12-16-20-38-78-40-42-82(5)43-41-79-39-21-17-13-9-11-15-19-23-45-90-67-81-63(55-36-32-53(49-77)33-37-55)61(65(86)88-7-2)51(4)84(67)59-29-25-27-57(47-59)69(73,74)75/h24-37,46-47,62-63,78-79H,6-23,38-45H2,1-5H3. The number of likely N-dealkylation sites (N-methyl/N-ethyl adjacent to an activating group) is 1. The Kier molecular flexibility index (Phi) is 30.3. The van der Waals surface area contributed by atoms with Crippen LogP contribution in [0.15, 0.2) is 130 Å². The van der Waals surface area contributed by atoms with Crippen LogP contribution in [0.5, 0.6) is 0 Å². The summed E-state index contributed by atoms with van der Waals surface area (Å²) in [6.45, 7) is 12.9. The second-order valence-corrected chi connectivity index (χ2v) is 24.6. The number of nitrogens with zero attached hydrogens (tertiary/aromatic N) is 7. The molecule has 0 amide bonds. The summed E-state index contributed by atoms with van der Waals surface area (Å²) in [6, 6.07) is 26.4. The Hall–Kier alpha value is -6.62. The molecule has 0 aliphatic carbocycles. The quantitative estimate of drug-likeness (QED) is 0.0252. The third-order valence-electron chi connectivity index (χ3n) is 15.7. The second kappa shape index (κ2) is 37.6. The molecule has 0 saturated heterocycles. The number of hydrogen-bond acceptors (Lipinski definition) is 15. The zero-order chi connectivity index (χ0) is 64.9. The normalized spacial score (nSPS) is 15.4. The Balaban J connectivity index is 0.791. The summed E-state index contributed by atoms with van der Waals surface area (Å²) < 4.78 is 94.3. The highest BCUT2D eigenvalue weighted by molar-refractivity contribution is 8.14. The number of nitriles is 2. The molecule has 0 aromatic heterocycles. The van der Waals surface area contributed by atoms with Crippen LogP contribution >= 0.6 is 23.5 Å². The summed E-state index contributed by atoms with van der Waals surface area (Å²) in [5, 5.41) is 27.0. The van der Waals surface area contributed by atoms with Gasteiger partial charge in [-0.05, 0) is 145 Å². The molecule has 2 aliphatic heterocycles. The van der Waals surface area contributed by atoms with Gasteiger partial charge in [-0.3, -0.25) is 9.80 Å². The van der Waals surface area contributed by atoms with E-state index in [0.29, 0.717) is 55.5 Å². The Morgan fingerprint density at radius 1 is 0.533 bits per heavy atom. The number of nitrogens with one attached hydrogen (secondary N) is 2. The molecule has 0 spiro atoms. The van der Waals surface area contributed by atoms with Crippen molar-refractivity contribution in [2.75, 3.05) is 80.8 Å². The number of halogens is 6.